The summed E-state index contributed by atoms with van der Waals surface area (Å²) >= 11 is 0. The van der Waals surface area contributed by atoms with Gasteiger partial charge in [-0.2, -0.15) is 5.10 Å². The molecule has 0 aliphatic carbocycles. The first-order valence-corrected chi connectivity index (χ1v) is 5.50. The molecule has 3 heteroatoms. The maximum atomic E-state index is 5.62. The van der Waals surface area contributed by atoms with Crippen LogP contribution in [-0.2, 0) is 13.5 Å². The highest BCUT2D eigenvalue weighted by Crippen LogP contribution is 2.24. The average Bonchev–Trinajstić information content (AvgIpc) is 2.61. The molecule has 0 saturated carbocycles. The second-order valence-corrected chi connectivity index (χ2v) is 4.04. The maximum absolute atomic E-state index is 5.62. The molecule has 1 heterocycles. The molecule has 0 aliphatic heterocycles. The van der Waals surface area contributed by atoms with Gasteiger partial charge in [-0.3, -0.25) is 4.68 Å². The van der Waals surface area contributed by atoms with Gasteiger partial charge in [-0.25, -0.2) is 0 Å². The molecule has 0 radical (unpaired) electrons. The minimum atomic E-state index is 0.651. The van der Waals surface area contributed by atoms with Crippen LogP contribution in [0.5, 0.6) is 0 Å². The van der Waals surface area contributed by atoms with Crippen molar-refractivity contribution in [3.63, 3.8) is 0 Å². The third kappa shape index (κ3) is 1.99. The molecule has 0 saturated heterocycles. The van der Waals surface area contributed by atoms with Crippen LogP contribution in [-0.4, -0.2) is 16.3 Å². The van der Waals surface area contributed by atoms with Crippen molar-refractivity contribution in [2.45, 2.75) is 13.3 Å². The summed E-state index contributed by atoms with van der Waals surface area (Å²) in [6.45, 7) is 2.75. The van der Waals surface area contributed by atoms with Gasteiger partial charge in [0.1, 0.15) is 0 Å². The summed E-state index contributed by atoms with van der Waals surface area (Å²) in [5, 5.41) is 4.30. The minimum Gasteiger partial charge on any atom is -0.330 e. The Morgan fingerprint density at radius 3 is 2.88 bits per heavy atom. The summed E-state index contributed by atoms with van der Waals surface area (Å²) in [4.78, 5) is 0. The fourth-order valence-electron chi connectivity index (χ4n) is 1.95. The SMILES string of the molecule is Cc1cccc(-c2cnn(C)c2CCN)c1. The van der Waals surface area contributed by atoms with E-state index in [2.05, 4.69) is 36.3 Å². The highest BCUT2D eigenvalue weighted by molar-refractivity contribution is 5.66. The lowest BCUT2D eigenvalue weighted by atomic mass is 10.0. The second-order valence-electron chi connectivity index (χ2n) is 4.04. The Hall–Kier alpha value is -1.61. The van der Waals surface area contributed by atoms with Crippen molar-refractivity contribution in [3.05, 3.63) is 41.7 Å². The molecule has 0 atom stereocenters. The van der Waals surface area contributed by atoms with E-state index in [0.29, 0.717) is 6.54 Å². The Labute approximate surface area is 95.9 Å². The number of nitrogens with two attached hydrogens (primary N) is 1. The molecule has 84 valence electrons. The van der Waals surface area contributed by atoms with Gasteiger partial charge in [0.05, 0.1) is 6.20 Å². The first-order valence-electron chi connectivity index (χ1n) is 5.50. The van der Waals surface area contributed by atoms with Crippen LogP contribution in [0.3, 0.4) is 0 Å². The first-order chi connectivity index (χ1) is 7.72. The molecule has 0 spiro atoms. The highest BCUT2D eigenvalue weighted by Gasteiger charge is 2.09. The van der Waals surface area contributed by atoms with Crippen LogP contribution in [0.4, 0.5) is 0 Å². The zero-order valence-electron chi connectivity index (χ0n) is 9.77. The lowest BCUT2D eigenvalue weighted by Gasteiger charge is -2.05. The van der Waals surface area contributed by atoms with Gasteiger partial charge in [-0.05, 0) is 19.0 Å². The number of hydrogen-bond donors (Lipinski definition) is 1. The zero-order valence-corrected chi connectivity index (χ0v) is 9.77. The molecule has 0 fully saturated rings. The molecule has 1 aromatic heterocycles. The normalized spacial score (nSPS) is 10.7. The Morgan fingerprint density at radius 2 is 2.19 bits per heavy atom. The Morgan fingerprint density at radius 1 is 1.38 bits per heavy atom. The van der Waals surface area contributed by atoms with Crippen molar-refractivity contribution >= 4 is 0 Å². The van der Waals surface area contributed by atoms with Crippen LogP contribution < -0.4 is 5.73 Å². The van der Waals surface area contributed by atoms with E-state index < -0.39 is 0 Å². The van der Waals surface area contributed by atoms with Gasteiger partial charge in [0, 0.05) is 24.7 Å². The summed E-state index contributed by atoms with van der Waals surface area (Å²) in [5.41, 5.74) is 10.5. The van der Waals surface area contributed by atoms with Crippen LogP contribution in [0.15, 0.2) is 30.5 Å². The molecular weight excluding hydrogens is 198 g/mol. The van der Waals surface area contributed by atoms with Gasteiger partial charge in [-0.1, -0.05) is 29.8 Å². The summed E-state index contributed by atoms with van der Waals surface area (Å²) in [6.07, 6.45) is 2.78. The van der Waals surface area contributed by atoms with Gasteiger partial charge < -0.3 is 5.73 Å². The fraction of sp³-hybridized carbons (Fsp3) is 0.308. The molecule has 0 aliphatic rings. The first kappa shape index (κ1) is 10.9. The van der Waals surface area contributed by atoms with Crippen LogP contribution in [0.2, 0.25) is 0 Å². The van der Waals surface area contributed by atoms with Crippen molar-refractivity contribution < 1.29 is 0 Å². The Balaban J connectivity index is 2.47. The molecule has 0 unspecified atom stereocenters. The van der Waals surface area contributed by atoms with Crippen molar-refractivity contribution in [2.75, 3.05) is 6.54 Å². The van der Waals surface area contributed by atoms with E-state index >= 15 is 0 Å². The standard InChI is InChI=1S/C13H17N3/c1-10-4-3-5-11(8-10)12-9-15-16(2)13(12)6-7-14/h3-5,8-9H,6-7,14H2,1-2H3. The monoisotopic (exact) mass is 215 g/mol. The molecule has 1 aromatic carbocycles. The summed E-state index contributed by atoms with van der Waals surface area (Å²) in [6, 6.07) is 8.47. The average molecular weight is 215 g/mol. The topological polar surface area (TPSA) is 43.8 Å². The maximum Gasteiger partial charge on any atom is 0.0571 e. The summed E-state index contributed by atoms with van der Waals surface area (Å²) < 4.78 is 1.91. The molecule has 0 bridgehead atoms. The second kappa shape index (κ2) is 4.49. The number of aryl methyl sites for hydroxylation is 2. The summed E-state index contributed by atoms with van der Waals surface area (Å²) in [7, 11) is 1.96. The molecule has 2 aromatic rings. The fourth-order valence-corrected chi connectivity index (χ4v) is 1.95. The Bertz CT molecular complexity index is 486. The molecular formula is C13H17N3. The molecule has 3 nitrogen and oxygen atoms in total. The van der Waals surface area contributed by atoms with E-state index in [-0.39, 0.29) is 0 Å². The van der Waals surface area contributed by atoms with Crippen LogP contribution in [0.1, 0.15) is 11.3 Å². The third-order valence-electron chi connectivity index (χ3n) is 2.77. The van der Waals surface area contributed by atoms with Crippen LogP contribution in [0, 0.1) is 6.92 Å². The van der Waals surface area contributed by atoms with Crippen molar-refractivity contribution in [1.29, 1.82) is 0 Å². The van der Waals surface area contributed by atoms with Gasteiger partial charge in [0.15, 0.2) is 0 Å². The smallest absolute Gasteiger partial charge is 0.0571 e. The predicted octanol–water partition coefficient (Wildman–Crippen LogP) is 1.90. The van der Waals surface area contributed by atoms with Gasteiger partial charge in [0.2, 0.25) is 0 Å². The van der Waals surface area contributed by atoms with Crippen LogP contribution >= 0.6 is 0 Å². The van der Waals surface area contributed by atoms with E-state index in [1.54, 1.807) is 0 Å². The van der Waals surface area contributed by atoms with E-state index in [9.17, 15) is 0 Å². The Kier molecular flexibility index (Phi) is 3.06. The van der Waals surface area contributed by atoms with E-state index in [1.165, 1.54) is 22.4 Å². The summed E-state index contributed by atoms with van der Waals surface area (Å²) in [5.74, 6) is 0. The lowest BCUT2D eigenvalue weighted by molar-refractivity contribution is 0.707. The minimum absolute atomic E-state index is 0.651. The highest BCUT2D eigenvalue weighted by atomic mass is 15.3. The lowest BCUT2D eigenvalue weighted by Crippen LogP contribution is -2.08. The number of rotatable bonds is 3. The van der Waals surface area contributed by atoms with Gasteiger partial charge >= 0.3 is 0 Å². The predicted molar refractivity (Wildman–Crippen MR) is 66.1 cm³/mol. The van der Waals surface area contributed by atoms with Crippen molar-refractivity contribution in [2.24, 2.45) is 12.8 Å². The van der Waals surface area contributed by atoms with E-state index in [1.807, 2.05) is 17.9 Å². The van der Waals surface area contributed by atoms with Gasteiger partial charge in [0.25, 0.3) is 0 Å². The van der Waals surface area contributed by atoms with Crippen molar-refractivity contribution in [3.8, 4) is 11.1 Å². The number of hydrogen-bond acceptors (Lipinski definition) is 2. The van der Waals surface area contributed by atoms with Gasteiger partial charge in [-0.15, -0.1) is 0 Å². The number of benzene rings is 1. The number of aromatic nitrogens is 2. The number of nitrogens with zero attached hydrogens (tertiary/aromatic N) is 2. The molecule has 0 amide bonds. The van der Waals surface area contributed by atoms with Crippen LogP contribution in [0.25, 0.3) is 11.1 Å². The third-order valence-corrected chi connectivity index (χ3v) is 2.77. The molecule has 2 rings (SSSR count). The van der Waals surface area contributed by atoms with E-state index in [0.717, 1.165) is 6.42 Å². The van der Waals surface area contributed by atoms with E-state index in [4.69, 9.17) is 5.73 Å². The van der Waals surface area contributed by atoms with Crippen molar-refractivity contribution in [1.82, 2.24) is 9.78 Å². The molecule has 2 N–H and O–H groups in total. The largest absolute Gasteiger partial charge is 0.330 e. The molecule has 16 heavy (non-hydrogen) atoms. The zero-order chi connectivity index (χ0) is 11.5. The quantitative estimate of drug-likeness (QED) is 0.849.